The van der Waals surface area contributed by atoms with Gasteiger partial charge in [0, 0.05) is 6.42 Å². The van der Waals surface area contributed by atoms with Gasteiger partial charge in [0.2, 0.25) is 0 Å². The average Bonchev–Trinajstić information content (AvgIpc) is 2.59. The number of aromatic nitrogens is 2. The molecule has 0 aliphatic carbocycles. The summed E-state index contributed by atoms with van der Waals surface area (Å²) >= 11 is 0. The van der Waals surface area contributed by atoms with Crippen LogP contribution in [0.4, 0.5) is 0 Å². The van der Waals surface area contributed by atoms with E-state index >= 15 is 0 Å². The van der Waals surface area contributed by atoms with Gasteiger partial charge in [-0.05, 0) is 18.6 Å². The fourth-order valence-corrected chi connectivity index (χ4v) is 1.57. The van der Waals surface area contributed by atoms with Crippen molar-refractivity contribution in [2.24, 2.45) is 0 Å². The number of H-pyrrole nitrogens is 1. The minimum atomic E-state index is -0.799. The molecule has 78 valence electrons. The van der Waals surface area contributed by atoms with Gasteiger partial charge in [0.25, 0.3) is 0 Å². The summed E-state index contributed by atoms with van der Waals surface area (Å²) in [6, 6.07) is 5.89. The van der Waals surface area contributed by atoms with Gasteiger partial charge >= 0.3 is 5.97 Å². The van der Waals surface area contributed by atoms with Crippen molar-refractivity contribution in [1.29, 1.82) is 0 Å². The number of benzene rings is 1. The SMILES string of the molecule is Cc1cccc2[nH]c(CCC(=O)O)nc12. The van der Waals surface area contributed by atoms with Crippen molar-refractivity contribution in [2.75, 3.05) is 0 Å². The topological polar surface area (TPSA) is 66.0 Å². The van der Waals surface area contributed by atoms with E-state index < -0.39 is 5.97 Å². The Balaban J connectivity index is 2.31. The second kappa shape index (κ2) is 3.73. The predicted octanol–water partition coefficient (Wildman–Crippen LogP) is 1.89. The Kier molecular flexibility index (Phi) is 2.41. The number of fused-ring (bicyclic) bond motifs is 1. The highest BCUT2D eigenvalue weighted by Crippen LogP contribution is 2.15. The van der Waals surface area contributed by atoms with Crippen LogP contribution < -0.4 is 0 Å². The minimum Gasteiger partial charge on any atom is -0.481 e. The second-order valence-corrected chi connectivity index (χ2v) is 3.55. The van der Waals surface area contributed by atoms with Crippen LogP contribution in [0.1, 0.15) is 17.8 Å². The van der Waals surface area contributed by atoms with Crippen LogP contribution in [0.2, 0.25) is 0 Å². The zero-order chi connectivity index (χ0) is 10.8. The molecule has 0 aliphatic heterocycles. The van der Waals surface area contributed by atoms with Crippen molar-refractivity contribution in [3.63, 3.8) is 0 Å². The largest absolute Gasteiger partial charge is 0.481 e. The number of nitrogens with zero attached hydrogens (tertiary/aromatic N) is 1. The number of aryl methyl sites for hydroxylation is 2. The van der Waals surface area contributed by atoms with E-state index in [1.54, 1.807) is 0 Å². The Bertz CT molecular complexity index is 502. The van der Waals surface area contributed by atoms with Gasteiger partial charge in [-0.2, -0.15) is 0 Å². The molecular formula is C11H12N2O2. The van der Waals surface area contributed by atoms with E-state index in [-0.39, 0.29) is 6.42 Å². The summed E-state index contributed by atoms with van der Waals surface area (Å²) in [5.74, 6) is -0.0612. The Morgan fingerprint density at radius 1 is 1.53 bits per heavy atom. The monoisotopic (exact) mass is 204 g/mol. The number of imidazole rings is 1. The zero-order valence-corrected chi connectivity index (χ0v) is 8.45. The molecule has 15 heavy (non-hydrogen) atoms. The Morgan fingerprint density at radius 2 is 2.33 bits per heavy atom. The lowest BCUT2D eigenvalue weighted by Gasteiger charge is -1.90. The summed E-state index contributed by atoms with van der Waals surface area (Å²) < 4.78 is 0. The Labute approximate surface area is 87.0 Å². The maximum absolute atomic E-state index is 10.4. The molecule has 0 fully saturated rings. The van der Waals surface area contributed by atoms with Crippen molar-refractivity contribution >= 4 is 17.0 Å². The second-order valence-electron chi connectivity index (χ2n) is 3.55. The number of aromatic amines is 1. The van der Waals surface area contributed by atoms with Crippen molar-refractivity contribution in [2.45, 2.75) is 19.8 Å². The van der Waals surface area contributed by atoms with Crippen LogP contribution >= 0.6 is 0 Å². The van der Waals surface area contributed by atoms with Crippen LogP contribution in [-0.2, 0) is 11.2 Å². The lowest BCUT2D eigenvalue weighted by molar-refractivity contribution is -0.137. The van der Waals surface area contributed by atoms with E-state index in [9.17, 15) is 4.79 Å². The molecule has 0 radical (unpaired) electrons. The van der Waals surface area contributed by atoms with Gasteiger partial charge in [0.1, 0.15) is 5.82 Å². The maximum atomic E-state index is 10.4. The highest BCUT2D eigenvalue weighted by atomic mass is 16.4. The first-order valence-electron chi connectivity index (χ1n) is 4.83. The molecule has 0 spiro atoms. The Hall–Kier alpha value is -1.84. The van der Waals surface area contributed by atoms with Gasteiger partial charge in [0.15, 0.2) is 0 Å². The number of nitrogens with one attached hydrogen (secondary N) is 1. The van der Waals surface area contributed by atoms with Crippen molar-refractivity contribution in [3.05, 3.63) is 29.6 Å². The molecule has 1 aromatic heterocycles. The summed E-state index contributed by atoms with van der Waals surface area (Å²) in [7, 11) is 0. The van der Waals surface area contributed by atoms with Crippen LogP contribution in [0.15, 0.2) is 18.2 Å². The van der Waals surface area contributed by atoms with Gasteiger partial charge in [0.05, 0.1) is 17.5 Å². The quantitative estimate of drug-likeness (QED) is 0.802. The fourth-order valence-electron chi connectivity index (χ4n) is 1.57. The molecule has 4 heteroatoms. The minimum absolute atomic E-state index is 0.110. The highest BCUT2D eigenvalue weighted by molar-refractivity contribution is 5.78. The molecule has 1 heterocycles. The van der Waals surface area contributed by atoms with Gasteiger partial charge in [-0.15, -0.1) is 0 Å². The average molecular weight is 204 g/mol. The van der Waals surface area contributed by atoms with Crippen molar-refractivity contribution in [1.82, 2.24) is 9.97 Å². The smallest absolute Gasteiger partial charge is 0.303 e. The van der Waals surface area contributed by atoms with E-state index in [0.717, 1.165) is 22.4 Å². The molecule has 2 rings (SSSR count). The first kappa shape index (κ1) is 9.71. The van der Waals surface area contributed by atoms with E-state index in [1.165, 1.54) is 0 Å². The molecule has 2 aromatic rings. The van der Waals surface area contributed by atoms with E-state index in [0.29, 0.717) is 6.42 Å². The molecule has 0 bridgehead atoms. The summed E-state index contributed by atoms with van der Waals surface area (Å²) in [4.78, 5) is 17.9. The molecule has 0 amide bonds. The predicted molar refractivity (Wildman–Crippen MR) is 56.8 cm³/mol. The maximum Gasteiger partial charge on any atom is 0.303 e. The van der Waals surface area contributed by atoms with Crippen LogP contribution in [0.25, 0.3) is 11.0 Å². The van der Waals surface area contributed by atoms with Gasteiger partial charge in [-0.3, -0.25) is 4.79 Å². The summed E-state index contributed by atoms with van der Waals surface area (Å²) in [6.45, 7) is 1.99. The third-order valence-corrected chi connectivity index (χ3v) is 2.34. The molecule has 0 aliphatic rings. The number of carbonyl (C=O) groups is 1. The van der Waals surface area contributed by atoms with E-state index in [2.05, 4.69) is 9.97 Å². The molecule has 0 saturated heterocycles. The number of hydrogen-bond donors (Lipinski definition) is 2. The van der Waals surface area contributed by atoms with Crippen molar-refractivity contribution < 1.29 is 9.90 Å². The van der Waals surface area contributed by atoms with Crippen molar-refractivity contribution in [3.8, 4) is 0 Å². The number of aliphatic carboxylic acids is 1. The van der Waals surface area contributed by atoms with Crippen LogP contribution in [-0.4, -0.2) is 21.0 Å². The molecule has 0 unspecified atom stereocenters. The normalized spacial score (nSPS) is 10.7. The zero-order valence-electron chi connectivity index (χ0n) is 8.45. The number of rotatable bonds is 3. The molecule has 0 saturated carbocycles. The third kappa shape index (κ3) is 1.98. The number of carboxylic acids is 1. The number of para-hydroxylation sites is 1. The van der Waals surface area contributed by atoms with Gasteiger partial charge in [-0.1, -0.05) is 12.1 Å². The fraction of sp³-hybridized carbons (Fsp3) is 0.273. The summed E-state index contributed by atoms with van der Waals surface area (Å²) in [5.41, 5.74) is 3.00. The number of carboxylic acid groups (broad SMARTS) is 1. The lowest BCUT2D eigenvalue weighted by atomic mass is 10.2. The Morgan fingerprint density at radius 3 is 3.00 bits per heavy atom. The molecule has 0 atom stereocenters. The first-order valence-corrected chi connectivity index (χ1v) is 4.83. The molecular weight excluding hydrogens is 192 g/mol. The highest BCUT2D eigenvalue weighted by Gasteiger charge is 2.06. The van der Waals surface area contributed by atoms with Crippen LogP contribution in [0.5, 0.6) is 0 Å². The van der Waals surface area contributed by atoms with Crippen LogP contribution in [0.3, 0.4) is 0 Å². The lowest BCUT2D eigenvalue weighted by Crippen LogP contribution is -1.98. The third-order valence-electron chi connectivity index (χ3n) is 2.34. The summed E-state index contributed by atoms with van der Waals surface area (Å²) in [5, 5.41) is 8.56. The van der Waals surface area contributed by atoms with E-state index in [1.807, 2.05) is 25.1 Å². The van der Waals surface area contributed by atoms with Crippen LogP contribution in [0, 0.1) is 6.92 Å². The molecule has 1 aromatic carbocycles. The summed E-state index contributed by atoms with van der Waals surface area (Å²) in [6.07, 6.45) is 0.558. The van der Waals surface area contributed by atoms with E-state index in [4.69, 9.17) is 5.11 Å². The number of hydrogen-bond acceptors (Lipinski definition) is 2. The molecule has 2 N–H and O–H groups in total. The molecule has 4 nitrogen and oxygen atoms in total. The first-order chi connectivity index (χ1) is 7.16. The van der Waals surface area contributed by atoms with Gasteiger partial charge < -0.3 is 10.1 Å². The standard InChI is InChI=1S/C11H12N2O2/c1-7-3-2-4-8-11(7)13-9(12-8)5-6-10(14)15/h2-4H,5-6H2,1H3,(H,12,13)(H,14,15). The van der Waals surface area contributed by atoms with Gasteiger partial charge in [-0.25, -0.2) is 4.98 Å².